The van der Waals surface area contributed by atoms with Crippen LogP contribution in [-0.4, -0.2) is 13.0 Å². The number of nitrogens with two attached hydrogens (primary N) is 1. The van der Waals surface area contributed by atoms with Crippen molar-refractivity contribution in [1.82, 2.24) is 0 Å². The number of rotatable bonds is 4. The molecule has 4 heteroatoms. The van der Waals surface area contributed by atoms with Gasteiger partial charge in [-0.15, -0.1) is 0 Å². The van der Waals surface area contributed by atoms with E-state index < -0.39 is 0 Å². The molecule has 1 aliphatic rings. The zero-order valence-electron chi connectivity index (χ0n) is 10.2. The number of nitrogen functional groups attached to an aromatic ring is 1. The molecular weight excluding hydrogens is 216 g/mol. The van der Waals surface area contributed by atoms with Crippen molar-refractivity contribution >= 4 is 17.3 Å². The van der Waals surface area contributed by atoms with Crippen LogP contribution < -0.4 is 15.8 Å². The molecule has 1 saturated carbocycles. The molecule has 17 heavy (non-hydrogen) atoms. The molecular formula is C13H18N2O2. The van der Waals surface area contributed by atoms with Gasteiger partial charge in [0.15, 0.2) is 0 Å². The number of carbonyl (C=O) groups is 1. The topological polar surface area (TPSA) is 64.3 Å². The smallest absolute Gasteiger partial charge is 0.227 e. The monoisotopic (exact) mass is 234 g/mol. The highest BCUT2D eigenvalue weighted by Gasteiger charge is 2.32. The second kappa shape index (κ2) is 4.65. The first-order valence-electron chi connectivity index (χ1n) is 5.86. The van der Waals surface area contributed by atoms with Crippen LogP contribution in [0, 0.1) is 11.8 Å². The highest BCUT2D eigenvalue weighted by atomic mass is 16.5. The maximum atomic E-state index is 11.9. The van der Waals surface area contributed by atoms with Crippen LogP contribution in [0.5, 0.6) is 5.75 Å². The lowest BCUT2D eigenvalue weighted by atomic mass is 10.1. The van der Waals surface area contributed by atoms with Crippen molar-refractivity contribution < 1.29 is 9.53 Å². The SMILES string of the molecule is COc1ccc(N)c(NC(=O)C(C)C2CC2)c1. The van der Waals surface area contributed by atoms with Gasteiger partial charge < -0.3 is 15.8 Å². The van der Waals surface area contributed by atoms with Crippen molar-refractivity contribution in [1.29, 1.82) is 0 Å². The number of ether oxygens (including phenoxy) is 1. The lowest BCUT2D eigenvalue weighted by molar-refractivity contribution is -0.119. The molecule has 1 unspecified atom stereocenters. The van der Waals surface area contributed by atoms with Gasteiger partial charge in [-0.1, -0.05) is 6.92 Å². The second-order valence-electron chi connectivity index (χ2n) is 4.57. The fraction of sp³-hybridized carbons (Fsp3) is 0.462. The maximum Gasteiger partial charge on any atom is 0.227 e. The van der Waals surface area contributed by atoms with Crippen LogP contribution in [0.2, 0.25) is 0 Å². The van der Waals surface area contributed by atoms with Gasteiger partial charge in [0, 0.05) is 12.0 Å². The van der Waals surface area contributed by atoms with Crippen LogP contribution >= 0.6 is 0 Å². The summed E-state index contributed by atoms with van der Waals surface area (Å²) in [4.78, 5) is 11.9. The van der Waals surface area contributed by atoms with Crippen molar-refractivity contribution in [3.05, 3.63) is 18.2 Å². The third-order valence-electron chi connectivity index (χ3n) is 3.26. The molecule has 1 aliphatic carbocycles. The van der Waals surface area contributed by atoms with E-state index in [2.05, 4.69) is 5.32 Å². The summed E-state index contributed by atoms with van der Waals surface area (Å²) >= 11 is 0. The molecule has 1 atom stereocenters. The van der Waals surface area contributed by atoms with Crippen molar-refractivity contribution in [2.75, 3.05) is 18.2 Å². The summed E-state index contributed by atoms with van der Waals surface area (Å²) in [6, 6.07) is 5.25. The molecule has 1 fully saturated rings. The maximum absolute atomic E-state index is 11.9. The molecule has 92 valence electrons. The number of hydrogen-bond donors (Lipinski definition) is 2. The minimum atomic E-state index is 0.0347. The average molecular weight is 234 g/mol. The van der Waals surface area contributed by atoms with E-state index in [0.29, 0.717) is 23.0 Å². The van der Waals surface area contributed by atoms with Gasteiger partial charge in [-0.3, -0.25) is 4.79 Å². The lowest BCUT2D eigenvalue weighted by Crippen LogP contribution is -2.22. The minimum Gasteiger partial charge on any atom is -0.497 e. The van der Waals surface area contributed by atoms with E-state index in [1.165, 1.54) is 0 Å². The predicted molar refractivity (Wildman–Crippen MR) is 67.9 cm³/mol. The van der Waals surface area contributed by atoms with Crippen LogP contribution in [0.3, 0.4) is 0 Å². The Morgan fingerprint density at radius 2 is 2.24 bits per heavy atom. The summed E-state index contributed by atoms with van der Waals surface area (Å²) < 4.78 is 5.10. The lowest BCUT2D eigenvalue weighted by Gasteiger charge is -2.13. The zero-order chi connectivity index (χ0) is 12.4. The van der Waals surface area contributed by atoms with Gasteiger partial charge >= 0.3 is 0 Å². The van der Waals surface area contributed by atoms with Crippen molar-refractivity contribution in [3.63, 3.8) is 0 Å². The van der Waals surface area contributed by atoms with Crippen LogP contribution in [-0.2, 0) is 4.79 Å². The molecule has 1 amide bonds. The molecule has 0 aliphatic heterocycles. The van der Waals surface area contributed by atoms with E-state index in [1.807, 2.05) is 6.92 Å². The Morgan fingerprint density at radius 1 is 1.53 bits per heavy atom. The third kappa shape index (κ3) is 2.70. The van der Waals surface area contributed by atoms with Crippen LogP contribution in [0.1, 0.15) is 19.8 Å². The Hall–Kier alpha value is -1.71. The van der Waals surface area contributed by atoms with E-state index in [-0.39, 0.29) is 11.8 Å². The van der Waals surface area contributed by atoms with Gasteiger partial charge in [0.05, 0.1) is 18.5 Å². The highest BCUT2D eigenvalue weighted by molar-refractivity contribution is 5.95. The van der Waals surface area contributed by atoms with Crippen molar-refractivity contribution in [2.45, 2.75) is 19.8 Å². The quantitative estimate of drug-likeness (QED) is 0.785. The standard InChI is InChI=1S/C13H18N2O2/c1-8(9-3-4-9)13(16)15-12-7-10(17-2)5-6-11(12)14/h5-9H,3-4,14H2,1-2H3,(H,15,16). The Morgan fingerprint density at radius 3 is 2.82 bits per heavy atom. The first-order chi connectivity index (χ1) is 8.11. The summed E-state index contributed by atoms with van der Waals surface area (Å²) in [6.45, 7) is 1.96. The second-order valence-corrected chi connectivity index (χ2v) is 4.57. The van der Waals surface area contributed by atoms with E-state index in [1.54, 1.807) is 25.3 Å². The molecule has 0 heterocycles. The molecule has 0 bridgehead atoms. The third-order valence-corrected chi connectivity index (χ3v) is 3.26. The molecule has 2 rings (SSSR count). The summed E-state index contributed by atoms with van der Waals surface area (Å²) in [5.41, 5.74) is 7.00. The minimum absolute atomic E-state index is 0.0347. The van der Waals surface area contributed by atoms with E-state index >= 15 is 0 Å². The Bertz CT molecular complexity index is 427. The van der Waals surface area contributed by atoms with E-state index in [4.69, 9.17) is 10.5 Å². The highest BCUT2D eigenvalue weighted by Crippen LogP contribution is 2.37. The molecule has 1 aromatic carbocycles. The van der Waals surface area contributed by atoms with Gasteiger partial charge in [-0.25, -0.2) is 0 Å². The number of carbonyl (C=O) groups excluding carboxylic acids is 1. The van der Waals surface area contributed by atoms with Crippen LogP contribution in [0.15, 0.2) is 18.2 Å². The largest absolute Gasteiger partial charge is 0.497 e. The molecule has 0 aromatic heterocycles. The summed E-state index contributed by atoms with van der Waals surface area (Å²) in [5.74, 6) is 1.32. The van der Waals surface area contributed by atoms with Gasteiger partial charge in [0.25, 0.3) is 0 Å². The zero-order valence-corrected chi connectivity index (χ0v) is 10.2. The van der Waals surface area contributed by atoms with Gasteiger partial charge in [-0.05, 0) is 30.9 Å². The normalized spacial score (nSPS) is 16.4. The van der Waals surface area contributed by atoms with Gasteiger partial charge in [-0.2, -0.15) is 0 Å². The summed E-state index contributed by atoms with van der Waals surface area (Å²) in [7, 11) is 1.59. The molecule has 0 spiro atoms. The van der Waals surface area contributed by atoms with Crippen LogP contribution in [0.25, 0.3) is 0 Å². The number of nitrogens with one attached hydrogen (secondary N) is 1. The Kier molecular flexibility index (Phi) is 3.22. The number of anilines is 2. The molecule has 1 aromatic rings. The van der Waals surface area contributed by atoms with Crippen molar-refractivity contribution in [2.24, 2.45) is 11.8 Å². The number of methoxy groups -OCH3 is 1. The Labute approximate surface area is 101 Å². The summed E-state index contributed by atoms with van der Waals surface area (Å²) in [5, 5.41) is 2.86. The predicted octanol–water partition coefficient (Wildman–Crippen LogP) is 2.26. The summed E-state index contributed by atoms with van der Waals surface area (Å²) in [6.07, 6.45) is 2.31. The molecule has 0 saturated heterocycles. The van der Waals surface area contributed by atoms with E-state index in [0.717, 1.165) is 12.8 Å². The molecule has 3 N–H and O–H groups in total. The van der Waals surface area contributed by atoms with Gasteiger partial charge in [0.1, 0.15) is 5.75 Å². The fourth-order valence-electron chi connectivity index (χ4n) is 1.83. The van der Waals surface area contributed by atoms with E-state index in [9.17, 15) is 4.79 Å². The number of amides is 1. The molecule has 0 radical (unpaired) electrons. The first kappa shape index (κ1) is 11.8. The number of hydrogen-bond acceptors (Lipinski definition) is 3. The van der Waals surface area contributed by atoms with Crippen molar-refractivity contribution in [3.8, 4) is 5.75 Å². The van der Waals surface area contributed by atoms with Crippen LogP contribution in [0.4, 0.5) is 11.4 Å². The number of benzene rings is 1. The first-order valence-corrected chi connectivity index (χ1v) is 5.86. The fourth-order valence-corrected chi connectivity index (χ4v) is 1.83. The average Bonchev–Trinajstić information content (AvgIpc) is 3.15. The molecule has 4 nitrogen and oxygen atoms in total. The Balaban J connectivity index is 2.08. The van der Waals surface area contributed by atoms with Gasteiger partial charge in [0.2, 0.25) is 5.91 Å².